The molecule has 3 rings (SSSR count). The van der Waals surface area contributed by atoms with Gasteiger partial charge in [-0.05, 0) is 36.1 Å². The molecule has 122 valence electrons. The Morgan fingerprint density at radius 2 is 1.74 bits per heavy atom. The van der Waals surface area contributed by atoms with Gasteiger partial charge in [0.05, 0.1) is 20.3 Å². The van der Waals surface area contributed by atoms with Crippen LogP contribution in [0.5, 0.6) is 11.5 Å². The first-order valence-electron chi connectivity index (χ1n) is 7.94. The van der Waals surface area contributed by atoms with Crippen LogP contribution in [0.2, 0.25) is 0 Å². The Morgan fingerprint density at radius 1 is 1.00 bits per heavy atom. The summed E-state index contributed by atoms with van der Waals surface area (Å²) < 4.78 is 10.6. The molecule has 4 heteroatoms. The molecular formula is C19H23NO3. The summed E-state index contributed by atoms with van der Waals surface area (Å²) in [5.41, 5.74) is 2.11. The Labute approximate surface area is 137 Å². The van der Waals surface area contributed by atoms with E-state index in [-0.39, 0.29) is 6.04 Å². The summed E-state index contributed by atoms with van der Waals surface area (Å²) in [6.45, 7) is 0. The van der Waals surface area contributed by atoms with Crippen LogP contribution in [0.3, 0.4) is 0 Å². The first kappa shape index (κ1) is 15.8. The minimum Gasteiger partial charge on any atom is -0.493 e. The maximum atomic E-state index is 10.7. The topological polar surface area (TPSA) is 50.7 Å². The standard InChI is InChI=1S/C19H23NO3/c1-22-17-11-8-14(12-18(17)23-2)19(21)16-10-9-15(20-16)13-6-4-3-5-7-13/h3-8,11-12,15-16,19-21H,9-10H2,1-2H3. The quantitative estimate of drug-likeness (QED) is 0.890. The van der Waals surface area contributed by atoms with Gasteiger partial charge in [0.1, 0.15) is 0 Å². The Bertz CT molecular complexity index is 644. The van der Waals surface area contributed by atoms with Gasteiger partial charge in [0.25, 0.3) is 0 Å². The Hall–Kier alpha value is -2.04. The van der Waals surface area contributed by atoms with Gasteiger partial charge in [0, 0.05) is 12.1 Å². The van der Waals surface area contributed by atoms with Crippen molar-refractivity contribution in [2.75, 3.05) is 14.2 Å². The van der Waals surface area contributed by atoms with Gasteiger partial charge in [-0.1, -0.05) is 36.4 Å². The van der Waals surface area contributed by atoms with Gasteiger partial charge in [-0.2, -0.15) is 0 Å². The van der Waals surface area contributed by atoms with Crippen molar-refractivity contribution in [3.05, 3.63) is 59.7 Å². The molecule has 1 fully saturated rings. The van der Waals surface area contributed by atoms with Crippen LogP contribution in [0, 0.1) is 0 Å². The molecule has 23 heavy (non-hydrogen) atoms. The van der Waals surface area contributed by atoms with E-state index in [1.165, 1.54) is 5.56 Å². The molecule has 2 N–H and O–H groups in total. The molecule has 1 saturated heterocycles. The van der Waals surface area contributed by atoms with Crippen LogP contribution >= 0.6 is 0 Å². The largest absolute Gasteiger partial charge is 0.493 e. The van der Waals surface area contributed by atoms with Crippen molar-refractivity contribution in [2.24, 2.45) is 0 Å². The van der Waals surface area contributed by atoms with Gasteiger partial charge in [0.2, 0.25) is 0 Å². The predicted octanol–water partition coefficient (Wildman–Crippen LogP) is 3.23. The number of methoxy groups -OCH3 is 2. The third-order valence-corrected chi connectivity index (χ3v) is 4.51. The van der Waals surface area contributed by atoms with E-state index in [9.17, 15) is 5.11 Å². The summed E-state index contributed by atoms with van der Waals surface area (Å²) in [6.07, 6.45) is 1.40. The fourth-order valence-electron chi connectivity index (χ4n) is 3.24. The lowest BCUT2D eigenvalue weighted by Gasteiger charge is -2.21. The van der Waals surface area contributed by atoms with Gasteiger partial charge < -0.3 is 19.9 Å². The second-order valence-corrected chi connectivity index (χ2v) is 5.87. The number of hydrogen-bond acceptors (Lipinski definition) is 4. The van der Waals surface area contributed by atoms with E-state index in [4.69, 9.17) is 9.47 Å². The van der Waals surface area contributed by atoms with E-state index in [1.807, 2.05) is 24.3 Å². The number of hydrogen-bond donors (Lipinski definition) is 2. The average Bonchev–Trinajstić information content (AvgIpc) is 3.11. The van der Waals surface area contributed by atoms with Crippen molar-refractivity contribution in [1.29, 1.82) is 0 Å². The Morgan fingerprint density at radius 3 is 2.43 bits per heavy atom. The normalized spacial score (nSPS) is 21.9. The SMILES string of the molecule is COc1ccc(C(O)C2CCC(c3ccccc3)N2)cc1OC. The molecule has 4 nitrogen and oxygen atoms in total. The molecule has 1 heterocycles. The van der Waals surface area contributed by atoms with E-state index in [0.717, 1.165) is 18.4 Å². The summed E-state index contributed by atoms with van der Waals surface area (Å²) in [5, 5.41) is 14.3. The van der Waals surface area contributed by atoms with Crippen molar-refractivity contribution in [3.63, 3.8) is 0 Å². The van der Waals surface area contributed by atoms with Crippen molar-refractivity contribution in [1.82, 2.24) is 5.32 Å². The summed E-state index contributed by atoms with van der Waals surface area (Å²) in [7, 11) is 3.21. The Kier molecular flexibility index (Phi) is 4.84. The van der Waals surface area contributed by atoms with Crippen molar-refractivity contribution in [3.8, 4) is 11.5 Å². The molecule has 0 bridgehead atoms. The highest BCUT2D eigenvalue weighted by atomic mass is 16.5. The highest BCUT2D eigenvalue weighted by Crippen LogP contribution is 2.35. The minimum atomic E-state index is -0.566. The van der Waals surface area contributed by atoms with Gasteiger partial charge in [-0.15, -0.1) is 0 Å². The van der Waals surface area contributed by atoms with Gasteiger partial charge in [-0.25, -0.2) is 0 Å². The maximum Gasteiger partial charge on any atom is 0.161 e. The third kappa shape index (κ3) is 3.33. The first-order valence-corrected chi connectivity index (χ1v) is 7.94. The lowest BCUT2D eigenvalue weighted by atomic mass is 10.0. The zero-order valence-corrected chi connectivity index (χ0v) is 13.5. The van der Waals surface area contributed by atoms with Crippen molar-refractivity contribution in [2.45, 2.75) is 31.0 Å². The van der Waals surface area contributed by atoms with Gasteiger partial charge in [0.15, 0.2) is 11.5 Å². The lowest BCUT2D eigenvalue weighted by molar-refractivity contribution is 0.135. The minimum absolute atomic E-state index is 0.0401. The smallest absolute Gasteiger partial charge is 0.161 e. The summed E-state index contributed by atoms with van der Waals surface area (Å²) >= 11 is 0. The van der Waals surface area contributed by atoms with Crippen LogP contribution in [-0.4, -0.2) is 25.4 Å². The molecular weight excluding hydrogens is 290 g/mol. The Balaban J connectivity index is 1.73. The van der Waals surface area contributed by atoms with Crippen LogP contribution < -0.4 is 14.8 Å². The third-order valence-electron chi connectivity index (χ3n) is 4.51. The molecule has 0 saturated carbocycles. The average molecular weight is 313 g/mol. The van der Waals surface area contributed by atoms with Crippen LogP contribution in [0.15, 0.2) is 48.5 Å². The van der Waals surface area contributed by atoms with E-state index in [0.29, 0.717) is 17.5 Å². The molecule has 0 spiro atoms. The molecule has 0 aromatic heterocycles. The lowest BCUT2D eigenvalue weighted by Crippen LogP contribution is -2.30. The number of nitrogens with one attached hydrogen (secondary N) is 1. The second kappa shape index (κ2) is 7.02. The zero-order valence-electron chi connectivity index (χ0n) is 13.5. The fourth-order valence-corrected chi connectivity index (χ4v) is 3.24. The predicted molar refractivity (Wildman–Crippen MR) is 89.8 cm³/mol. The van der Waals surface area contributed by atoms with Crippen molar-refractivity contribution < 1.29 is 14.6 Å². The zero-order chi connectivity index (χ0) is 16.2. The number of ether oxygens (including phenoxy) is 2. The van der Waals surface area contributed by atoms with Crippen LogP contribution in [-0.2, 0) is 0 Å². The molecule has 3 atom stereocenters. The molecule has 0 aliphatic carbocycles. The highest BCUT2D eigenvalue weighted by Gasteiger charge is 2.31. The first-order chi connectivity index (χ1) is 11.2. The summed E-state index contributed by atoms with van der Waals surface area (Å²) in [4.78, 5) is 0. The monoisotopic (exact) mass is 313 g/mol. The molecule has 2 aromatic rings. The summed E-state index contributed by atoms with van der Waals surface area (Å²) in [6, 6.07) is 16.3. The molecule has 0 amide bonds. The fraction of sp³-hybridized carbons (Fsp3) is 0.368. The molecule has 0 radical (unpaired) electrons. The number of aliphatic hydroxyl groups excluding tert-OH is 1. The number of rotatable bonds is 5. The number of aliphatic hydroxyl groups is 1. The van der Waals surface area contributed by atoms with Crippen LogP contribution in [0.1, 0.15) is 36.1 Å². The van der Waals surface area contributed by atoms with Crippen LogP contribution in [0.25, 0.3) is 0 Å². The highest BCUT2D eigenvalue weighted by molar-refractivity contribution is 5.43. The summed E-state index contributed by atoms with van der Waals surface area (Å²) in [5.74, 6) is 1.31. The maximum absolute atomic E-state index is 10.7. The van der Waals surface area contributed by atoms with Gasteiger partial charge in [-0.3, -0.25) is 0 Å². The number of benzene rings is 2. The second-order valence-electron chi connectivity index (χ2n) is 5.87. The molecule has 1 aliphatic heterocycles. The van der Waals surface area contributed by atoms with E-state index in [1.54, 1.807) is 14.2 Å². The van der Waals surface area contributed by atoms with Crippen LogP contribution in [0.4, 0.5) is 0 Å². The molecule has 3 unspecified atom stereocenters. The molecule has 1 aliphatic rings. The van der Waals surface area contributed by atoms with Gasteiger partial charge >= 0.3 is 0 Å². The molecule has 2 aromatic carbocycles. The van der Waals surface area contributed by atoms with E-state index < -0.39 is 6.10 Å². The van der Waals surface area contributed by atoms with E-state index >= 15 is 0 Å². The van der Waals surface area contributed by atoms with E-state index in [2.05, 4.69) is 29.6 Å². The van der Waals surface area contributed by atoms with Crippen molar-refractivity contribution >= 4 is 0 Å².